The maximum Gasteiger partial charge on any atom is 0.246 e. The normalized spacial score (nSPS) is 20.0. The van der Waals surface area contributed by atoms with E-state index in [4.69, 9.17) is 0 Å². The second kappa shape index (κ2) is 8.69. The molecule has 2 saturated heterocycles. The molecular formula is C22H34N5O2S+. The topological polar surface area (TPSA) is 62.9 Å². The number of nitrogens with zero attached hydrogens (tertiary/aromatic N) is 4. The Bertz CT molecular complexity index is 957. The summed E-state index contributed by atoms with van der Waals surface area (Å²) in [5.41, 5.74) is 2.66. The number of aryl methyl sites for hydroxylation is 1. The zero-order valence-corrected chi connectivity index (χ0v) is 19.2. The van der Waals surface area contributed by atoms with Crippen LogP contribution in [0.3, 0.4) is 0 Å². The van der Waals surface area contributed by atoms with Crippen molar-refractivity contribution in [3.05, 3.63) is 41.7 Å². The molecule has 0 radical (unpaired) electrons. The van der Waals surface area contributed by atoms with E-state index < -0.39 is 10.0 Å². The number of hydrogen-bond donors (Lipinski definition) is 1. The monoisotopic (exact) mass is 432 g/mol. The first kappa shape index (κ1) is 21.3. The first-order valence-electron chi connectivity index (χ1n) is 11.0. The minimum Gasteiger partial charge on any atom is -0.360 e. The lowest BCUT2D eigenvalue weighted by molar-refractivity contribution is -0.924. The second-order valence-corrected chi connectivity index (χ2v) is 10.7. The zero-order valence-electron chi connectivity index (χ0n) is 18.3. The van der Waals surface area contributed by atoms with Crippen LogP contribution in [-0.2, 0) is 16.7 Å². The number of nitrogens with one attached hydrogen (secondary N) is 1. The molecule has 2 aliphatic heterocycles. The molecule has 30 heavy (non-hydrogen) atoms. The number of piperazine rings is 1. The van der Waals surface area contributed by atoms with Gasteiger partial charge in [0, 0.05) is 18.8 Å². The Morgan fingerprint density at radius 3 is 2.30 bits per heavy atom. The molecule has 0 bridgehead atoms. The van der Waals surface area contributed by atoms with E-state index >= 15 is 0 Å². The summed E-state index contributed by atoms with van der Waals surface area (Å²) < 4.78 is 30.2. The van der Waals surface area contributed by atoms with Crippen LogP contribution in [-0.4, -0.2) is 61.8 Å². The minimum atomic E-state index is -3.48. The van der Waals surface area contributed by atoms with Crippen molar-refractivity contribution >= 4 is 15.7 Å². The summed E-state index contributed by atoms with van der Waals surface area (Å²) in [5.74, 6) is 0.597. The average Bonchev–Trinajstić information content (AvgIpc) is 3.03. The average molecular weight is 433 g/mol. The van der Waals surface area contributed by atoms with Crippen LogP contribution in [0.15, 0.2) is 35.2 Å². The van der Waals surface area contributed by atoms with Gasteiger partial charge in [-0.3, -0.25) is 0 Å². The van der Waals surface area contributed by atoms with Crippen LogP contribution in [0.5, 0.6) is 0 Å². The maximum atomic E-state index is 13.3. The molecule has 2 aliphatic rings. The summed E-state index contributed by atoms with van der Waals surface area (Å²) in [5, 5.41) is 4.63. The van der Waals surface area contributed by atoms with E-state index in [2.05, 4.69) is 41.2 Å². The van der Waals surface area contributed by atoms with Crippen LogP contribution in [0.4, 0.5) is 5.69 Å². The molecule has 7 nitrogen and oxygen atoms in total. The summed E-state index contributed by atoms with van der Waals surface area (Å²) in [6.07, 6.45) is 1.86. The molecule has 4 rings (SSSR count). The van der Waals surface area contributed by atoms with Crippen LogP contribution in [0.2, 0.25) is 0 Å². The molecule has 0 saturated carbocycles. The van der Waals surface area contributed by atoms with Gasteiger partial charge in [-0.05, 0) is 44.7 Å². The molecule has 3 heterocycles. The highest BCUT2D eigenvalue weighted by Gasteiger charge is 2.33. The van der Waals surface area contributed by atoms with Crippen molar-refractivity contribution in [1.29, 1.82) is 0 Å². The van der Waals surface area contributed by atoms with Gasteiger partial charge in [0.2, 0.25) is 10.0 Å². The van der Waals surface area contributed by atoms with Crippen LogP contribution >= 0.6 is 0 Å². The minimum absolute atomic E-state index is 0.416. The SMILES string of the molecule is Cc1nn(C[NH+]2CCN(c3ccccc3)CC2)c(C)c1S(=O)(=O)N1CCC(C)CC1. The van der Waals surface area contributed by atoms with Gasteiger partial charge in [-0.2, -0.15) is 9.40 Å². The van der Waals surface area contributed by atoms with E-state index in [-0.39, 0.29) is 0 Å². The van der Waals surface area contributed by atoms with Crippen molar-refractivity contribution in [2.75, 3.05) is 44.2 Å². The lowest BCUT2D eigenvalue weighted by atomic mass is 10.0. The lowest BCUT2D eigenvalue weighted by Gasteiger charge is -2.33. The molecule has 1 aromatic heterocycles. The summed E-state index contributed by atoms with van der Waals surface area (Å²) in [7, 11) is -3.48. The van der Waals surface area contributed by atoms with Crippen LogP contribution in [0.1, 0.15) is 31.2 Å². The molecule has 0 atom stereocenters. The Balaban J connectivity index is 1.44. The standard InChI is InChI=1S/C22H33N5O2S/c1-18-9-11-26(12-10-18)30(28,29)22-19(2)23-27(20(22)3)17-24-13-15-25(16-14-24)21-7-5-4-6-8-21/h4-8,18H,9-17H2,1-3H3/p+1. The molecule has 0 unspecified atom stereocenters. The number of benzene rings is 1. The van der Waals surface area contributed by atoms with Crippen LogP contribution < -0.4 is 9.80 Å². The number of para-hydroxylation sites is 1. The number of hydrogen-bond acceptors (Lipinski definition) is 4. The van der Waals surface area contributed by atoms with Crippen molar-refractivity contribution in [1.82, 2.24) is 14.1 Å². The molecule has 0 spiro atoms. The smallest absolute Gasteiger partial charge is 0.246 e. The summed E-state index contributed by atoms with van der Waals surface area (Å²) in [6, 6.07) is 10.5. The number of anilines is 1. The summed E-state index contributed by atoms with van der Waals surface area (Å²) in [6.45, 7) is 11.9. The quantitative estimate of drug-likeness (QED) is 0.773. The van der Waals surface area contributed by atoms with E-state index in [9.17, 15) is 8.42 Å². The highest BCUT2D eigenvalue weighted by atomic mass is 32.2. The highest BCUT2D eigenvalue weighted by molar-refractivity contribution is 7.89. The van der Waals surface area contributed by atoms with E-state index in [0.29, 0.717) is 36.3 Å². The van der Waals surface area contributed by atoms with Crippen molar-refractivity contribution in [2.24, 2.45) is 5.92 Å². The van der Waals surface area contributed by atoms with Gasteiger partial charge >= 0.3 is 0 Å². The first-order chi connectivity index (χ1) is 14.4. The van der Waals surface area contributed by atoms with Gasteiger partial charge in [-0.1, -0.05) is 25.1 Å². The van der Waals surface area contributed by atoms with Gasteiger partial charge < -0.3 is 9.80 Å². The third kappa shape index (κ3) is 4.26. The van der Waals surface area contributed by atoms with Gasteiger partial charge in [0.25, 0.3) is 0 Å². The fourth-order valence-electron chi connectivity index (χ4n) is 4.65. The van der Waals surface area contributed by atoms with E-state index in [0.717, 1.165) is 44.7 Å². The van der Waals surface area contributed by atoms with Gasteiger partial charge in [-0.15, -0.1) is 0 Å². The van der Waals surface area contributed by atoms with Crippen LogP contribution in [0.25, 0.3) is 0 Å². The molecule has 1 N–H and O–H groups in total. The maximum absolute atomic E-state index is 13.3. The highest BCUT2D eigenvalue weighted by Crippen LogP contribution is 2.27. The number of quaternary nitrogens is 1. The largest absolute Gasteiger partial charge is 0.360 e. The Hall–Kier alpha value is -1.90. The van der Waals surface area contributed by atoms with Gasteiger partial charge in [0.15, 0.2) is 6.67 Å². The van der Waals surface area contributed by atoms with E-state index in [1.807, 2.05) is 24.6 Å². The Morgan fingerprint density at radius 1 is 1.03 bits per heavy atom. The predicted octanol–water partition coefficient (Wildman–Crippen LogP) is 1.28. The molecule has 2 fully saturated rings. The number of aromatic nitrogens is 2. The van der Waals surface area contributed by atoms with Crippen molar-refractivity contribution in [3.63, 3.8) is 0 Å². The Labute approximate surface area is 180 Å². The Kier molecular flexibility index (Phi) is 6.18. The molecule has 2 aromatic rings. The zero-order chi connectivity index (χ0) is 21.3. The number of sulfonamides is 1. The van der Waals surface area contributed by atoms with Gasteiger partial charge in [0.1, 0.15) is 4.90 Å². The molecule has 164 valence electrons. The summed E-state index contributed by atoms with van der Waals surface area (Å²) in [4.78, 5) is 4.26. The van der Waals surface area contributed by atoms with Crippen molar-refractivity contribution in [3.8, 4) is 0 Å². The van der Waals surface area contributed by atoms with Crippen LogP contribution in [0, 0.1) is 19.8 Å². The van der Waals surface area contributed by atoms with Gasteiger partial charge in [0.05, 0.1) is 37.6 Å². The summed E-state index contributed by atoms with van der Waals surface area (Å²) >= 11 is 0. The molecule has 1 aromatic carbocycles. The number of rotatable bonds is 5. The Morgan fingerprint density at radius 2 is 1.67 bits per heavy atom. The fourth-order valence-corrected chi connectivity index (χ4v) is 6.49. The van der Waals surface area contributed by atoms with Crippen molar-refractivity contribution < 1.29 is 13.3 Å². The molecule has 0 aliphatic carbocycles. The van der Waals surface area contributed by atoms with E-state index in [1.54, 1.807) is 4.31 Å². The van der Waals surface area contributed by atoms with E-state index in [1.165, 1.54) is 10.6 Å². The fraction of sp³-hybridized carbons (Fsp3) is 0.591. The first-order valence-corrected chi connectivity index (χ1v) is 12.5. The van der Waals surface area contributed by atoms with Gasteiger partial charge in [-0.25, -0.2) is 13.1 Å². The molecular weight excluding hydrogens is 398 g/mol. The van der Waals surface area contributed by atoms with Crippen molar-refractivity contribution in [2.45, 2.75) is 45.2 Å². The third-order valence-corrected chi connectivity index (χ3v) is 8.77. The number of piperidine rings is 1. The second-order valence-electron chi connectivity index (χ2n) is 8.82. The molecule has 0 amide bonds. The predicted molar refractivity (Wildman–Crippen MR) is 118 cm³/mol. The third-order valence-electron chi connectivity index (χ3n) is 6.62. The molecule has 8 heteroatoms. The lowest BCUT2D eigenvalue weighted by Crippen LogP contribution is -3.14.